The Kier molecular flexibility index (Phi) is 8.61. The number of carbonyl (C=O) groups is 1. The summed E-state index contributed by atoms with van der Waals surface area (Å²) in [5.41, 5.74) is 6.69. The number of aliphatic hydroxyl groups is 1. The second kappa shape index (κ2) is 11.3. The zero-order valence-corrected chi connectivity index (χ0v) is 24.1. The van der Waals surface area contributed by atoms with Gasteiger partial charge in [0.1, 0.15) is 23.5 Å². The number of halogens is 2. The number of nitrogens with zero attached hydrogens (tertiary/aromatic N) is 4. The fourth-order valence-electron chi connectivity index (χ4n) is 5.49. The van der Waals surface area contributed by atoms with Gasteiger partial charge >= 0.3 is 6.09 Å². The van der Waals surface area contributed by atoms with E-state index in [1.807, 2.05) is 17.9 Å². The molecule has 2 aliphatic rings. The minimum Gasteiger partial charge on any atom is -0.444 e. The third-order valence-corrected chi connectivity index (χ3v) is 7.33. The van der Waals surface area contributed by atoms with Crippen LogP contribution in [0, 0.1) is 5.92 Å². The van der Waals surface area contributed by atoms with E-state index in [4.69, 9.17) is 19.9 Å². The average Bonchev–Trinajstić information content (AvgIpc) is 3.36. The number of hydrogen-bond donors (Lipinski definition) is 3. The number of rotatable bonds is 8. The van der Waals surface area contributed by atoms with Crippen LogP contribution in [0.5, 0.6) is 0 Å². The minimum atomic E-state index is -2.78. The molecule has 4 rings (SSSR count). The van der Waals surface area contributed by atoms with Crippen molar-refractivity contribution in [3.8, 4) is 0 Å². The number of alkyl halides is 2. The maximum absolute atomic E-state index is 14.5. The van der Waals surface area contributed by atoms with Crippen LogP contribution in [0.4, 0.5) is 19.4 Å². The van der Waals surface area contributed by atoms with Gasteiger partial charge in [-0.3, -0.25) is 4.90 Å². The van der Waals surface area contributed by atoms with E-state index in [1.54, 1.807) is 45.2 Å². The number of alkyl carbamates (subject to hydrolysis) is 1. The van der Waals surface area contributed by atoms with Gasteiger partial charge < -0.3 is 30.4 Å². The number of ether oxygens (including phenoxy) is 3. The number of likely N-dealkylation sites (tertiary alicyclic amines) is 1. The van der Waals surface area contributed by atoms with E-state index in [0.29, 0.717) is 30.0 Å². The fraction of sp³-hybridized carbons (Fsp3) is 0.741. The van der Waals surface area contributed by atoms with Crippen LogP contribution in [-0.4, -0.2) is 85.9 Å². The highest BCUT2D eigenvalue weighted by molar-refractivity contribution is 5.67. The summed E-state index contributed by atoms with van der Waals surface area (Å²) in [4.78, 5) is 18.1. The largest absolute Gasteiger partial charge is 0.444 e. The maximum atomic E-state index is 14.5. The standard InChI is InChI=1S/C27H42F2N6O5/c1-16-20(14-34-12-10-27(28,29)13-17(34)9-11-31-24(36)40-25(2,3)4)38-22(21(16)39-26(5,6)37)18-7-8-19-23(30)32-15-33-35(18)19/h7-8,15-17,20-22,37H,9-14H2,1-6H3,(H,31,36)(H2,30,32,33)/t16-,17-,20-,21-,22+/m1/s1. The molecular weight excluding hydrogens is 526 g/mol. The Morgan fingerprint density at radius 1 is 1.30 bits per heavy atom. The normalized spacial score (nSPS) is 27.7. The van der Waals surface area contributed by atoms with Crippen molar-refractivity contribution < 1.29 is 32.9 Å². The molecule has 13 heteroatoms. The van der Waals surface area contributed by atoms with E-state index >= 15 is 0 Å². The number of nitrogens with one attached hydrogen (secondary N) is 1. The Labute approximate surface area is 233 Å². The lowest BCUT2D eigenvalue weighted by atomic mass is 9.92. The van der Waals surface area contributed by atoms with Crippen molar-refractivity contribution in [3.05, 3.63) is 24.2 Å². The Balaban J connectivity index is 1.51. The van der Waals surface area contributed by atoms with Crippen molar-refractivity contribution in [3.63, 3.8) is 0 Å². The molecule has 1 amide bonds. The van der Waals surface area contributed by atoms with Gasteiger partial charge in [0.15, 0.2) is 11.6 Å². The Hall–Kier alpha value is -2.61. The predicted octanol–water partition coefficient (Wildman–Crippen LogP) is 3.52. The van der Waals surface area contributed by atoms with Crippen molar-refractivity contribution in [1.29, 1.82) is 0 Å². The molecule has 0 saturated carbocycles. The van der Waals surface area contributed by atoms with Gasteiger partial charge in [-0.1, -0.05) is 6.92 Å². The quantitative estimate of drug-likeness (QED) is 0.409. The lowest BCUT2D eigenvalue weighted by molar-refractivity contribution is -0.221. The molecule has 2 fully saturated rings. The van der Waals surface area contributed by atoms with Gasteiger partial charge in [0.05, 0.1) is 17.9 Å². The molecule has 2 saturated heterocycles. The molecule has 0 spiro atoms. The minimum absolute atomic E-state index is 0.191. The number of fused-ring (bicyclic) bond motifs is 1. The summed E-state index contributed by atoms with van der Waals surface area (Å²) in [6.07, 6.45) is -0.963. The second-order valence-electron chi connectivity index (χ2n) is 12.4. The van der Waals surface area contributed by atoms with Crippen LogP contribution >= 0.6 is 0 Å². The van der Waals surface area contributed by atoms with Crippen molar-refractivity contribution in [1.82, 2.24) is 24.8 Å². The number of nitrogens with two attached hydrogens (primary N) is 1. The summed E-state index contributed by atoms with van der Waals surface area (Å²) in [7, 11) is 0. The van der Waals surface area contributed by atoms with Gasteiger partial charge in [-0.2, -0.15) is 5.10 Å². The molecule has 11 nitrogen and oxygen atoms in total. The van der Waals surface area contributed by atoms with Gasteiger partial charge in [-0.25, -0.2) is 23.1 Å². The molecule has 0 aliphatic carbocycles. The lowest BCUT2D eigenvalue weighted by Crippen LogP contribution is -2.51. The molecule has 0 unspecified atom stereocenters. The highest BCUT2D eigenvalue weighted by atomic mass is 19.3. The summed E-state index contributed by atoms with van der Waals surface area (Å²) in [6.45, 7) is 11.2. The summed E-state index contributed by atoms with van der Waals surface area (Å²) in [5, 5.41) is 17.5. The van der Waals surface area contributed by atoms with Crippen LogP contribution in [0.1, 0.15) is 72.6 Å². The molecule has 4 heterocycles. The first-order valence-corrected chi connectivity index (χ1v) is 13.8. The third-order valence-electron chi connectivity index (χ3n) is 7.33. The number of amides is 1. The predicted molar refractivity (Wildman–Crippen MR) is 144 cm³/mol. The molecule has 2 aliphatic heterocycles. The highest BCUT2D eigenvalue weighted by Gasteiger charge is 2.49. The summed E-state index contributed by atoms with van der Waals surface area (Å²) >= 11 is 0. The molecule has 0 radical (unpaired) electrons. The summed E-state index contributed by atoms with van der Waals surface area (Å²) < 4.78 is 48.5. The Morgan fingerprint density at radius 2 is 2.02 bits per heavy atom. The monoisotopic (exact) mass is 568 g/mol. The molecule has 2 aromatic heterocycles. The van der Waals surface area contributed by atoms with Gasteiger partial charge in [0.2, 0.25) is 0 Å². The zero-order chi connectivity index (χ0) is 29.5. The Morgan fingerprint density at radius 3 is 2.70 bits per heavy atom. The molecule has 0 aromatic carbocycles. The van der Waals surface area contributed by atoms with Crippen molar-refractivity contribution >= 4 is 17.4 Å². The number of nitrogen functional groups attached to an aromatic ring is 1. The number of aromatic nitrogens is 3. The third kappa shape index (κ3) is 7.36. The molecule has 0 bridgehead atoms. The van der Waals surface area contributed by atoms with Crippen LogP contribution in [0.3, 0.4) is 0 Å². The highest BCUT2D eigenvalue weighted by Crippen LogP contribution is 2.43. The lowest BCUT2D eigenvalue weighted by Gasteiger charge is -2.41. The molecule has 40 heavy (non-hydrogen) atoms. The molecule has 5 atom stereocenters. The van der Waals surface area contributed by atoms with Crippen LogP contribution in [0.15, 0.2) is 18.5 Å². The number of carbonyl (C=O) groups excluding carboxylic acids is 1. The van der Waals surface area contributed by atoms with Crippen molar-refractivity contribution in [2.75, 3.05) is 25.4 Å². The first-order valence-electron chi connectivity index (χ1n) is 13.8. The van der Waals surface area contributed by atoms with E-state index in [0.717, 1.165) is 0 Å². The summed E-state index contributed by atoms with van der Waals surface area (Å²) in [5.74, 6) is -4.08. The van der Waals surface area contributed by atoms with Crippen LogP contribution in [0.25, 0.3) is 5.52 Å². The summed E-state index contributed by atoms with van der Waals surface area (Å²) in [6, 6.07) is 3.17. The van der Waals surface area contributed by atoms with Crippen LogP contribution < -0.4 is 11.1 Å². The number of piperidine rings is 1. The first-order chi connectivity index (χ1) is 18.5. The fourth-order valence-corrected chi connectivity index (χ4v) is 5.49. The van der Waals surface area contributed by atoms with Crippen molar-refractivity contribution in [2.24, 2.45) is 5.92 Å². The smallest absolute Gasteiger partial charge is 0.407 e. The van der Waals surface area contributed by atoms with Gasteiger partial charge in [0.25, 0.3) is 5.92 Å². The van der Waals surface area contributed by atoms with E-state index in [9.17, 15) is 18.7 Å². The molecule has 4 N–H and O–H groups in total. The number of anilines is 1. The van der Waals surface area contributed by atoms with Gasteiger partial charge in [-0.05, 0) is 53.2 Å². The molecular formula is C27H42F2N6O5. The van der Waals surface area contributed by atoms with Crippen molar-refractivity contribution in [2.45, 2.75) is 102 Å². The Bertz CT molecular complexity index is 1180. The molecule has 2 aromatic rings. The average molecular weight is 569 g/mol. The first kappa shape index (κ1) is 30.4. The molecule has 224 valence electrons. The maximum Gasteiger partial charge on any atom is 0.407 e. The SMILES string of the molecule is C[C@H]1[C@@H](OC(C)(C)O)[C@H](c2ccc3c(N)ncnn23)O[C@@H]1CN1CCC(F)(F)C[C@H]1CCNC(=O)OC(C)(C)C. The van der Waals surface area contributed by atoms with Crippen LogP contribution in [0.2, 0.25) is 0 Å². The second-order valence-corrected chi connectivity index (χ2v) is 12.4. The van der Waals surface area contributed by atoms with E-state index in [1.165, 1.54) is 6.33 Å². The van der Waals surface area contributed by atoms with Crippen LogP contribution in [-0.2, 0) is 14.2 Å². The van der Waals surface area contributed by atoms with Gasteiger partial charge in [-0.15, -0.1) is 0 Å². The van der Waals surface area contributed by atoms with Gasteiger partial charge in [0, 0.05) is 44.4 Å². The van der Waals surface area contributed by atoms with E-state index in [2.05, 4.69) is 15.4 Å². The van der Waals surface area contributed by atoms with E-state index < -0.39 is 41.7 Å². The zero-order valence-electron chi connectivity index (χ0n) is 24.1. The number of hydrogen-bond acceptors (Lipinski definition) is 9. The topological polar surface area (TPSA) is 136 Å². The van der Waals surface area contributed by atoms with E-state index in [-0.39, 0.29) is 38.0 Å².